The fourth-order valence-corrected chi connectivity index (χ4v) is 4.55. The summed E-state index contributed by atoms with van der Waals surface area (Å²) >= 11 is 5.36. The molecule has 17 heavy (non-hydrogen) atoms. The van der Waals surface area contributed by atoms with Gasteiger partial charge >= 0.3 is 0 Å². The fourth-order valence-electron chi connectivity index (χ4n) is 2.87. The summed E-state index contributed by atoms with van der Waals surface area (Å²) in [6.07, 6.45) is 3.87. The molecule has 0 aromatic carbocycles. The van der Waals surface area contributed by atoms with E-state index < -0.39 is 0 Å². The third kappa shape index (κ3) is 2.92. The Morgan fingerprint density at radius 3 is 2.94 bits per heavy atom. The Morgan fingerprint density at radius 1 is 1.65 bits per heavy atom. The Morgan fingerprint density at radius 2 is 2.41 bits per heavy atom. The zero-order chi connectivity index (χ0) is 12.4. The normalized spacial score (nSPS) is 25.1. The topological polar surface area (TPSA) is 29.3 Å². The minimum atomic E-state index is 0.188. The summed E-state index contributed by atoms with van der Waals surface area (Å²) in [5.74, 6) is 0. The summed E-state index contributed by atoms with van der Waals surface area (Å²) < 4.78 is 1.18. The van der Waals surface area contributed by atoms with Crippen molar-refractivity contribution >= 4 is 27.3 Å². The minimum Gasteiger partial charge on any atom is -0.326 e. The van der Waals surface area contributed by atoms with E-state index in [2.05, 4.69) is 46.1 Å². The fraction of sp³-hybridized carbons (Fsp3) is 0.692. The van der Waals surface area contributed by atoms with Gasteiger partial charge in [0.15, 0.2) is 0 Å². The van der Waals surface area contributed by atoms with E-state index in [9.17, 15) is 0 Å². The zero-order valence-electron chi connectivity index (χ0n) is 10.5. The molecule has 1 saturated heterocycles. The smallest absolute Gasteiger partial charge is 0.0593 e. The summed E-state index contributed by atoms with van der Waals surface area (Å²) in [4.78, 5) is 4.01. The lowest BCUT2D eigenvalue weighted by atomic mass is 10.0. The number of hydrogen-bond acceptors (Lipinski definition) is 3. The number of rotatable bonds is 4. The lowest BCUT2D eigenvalue weighted by Crippen LogP contribution is -2.41. The summed E-state index contributed by atoms with van der Waals surface area (Å²) in [5.41, 5.74) is 6.22. The number of halogens is 1. The Balaban J connectivity index is 2.23. The van der Waals surface area contributed by atoms with Gasteiger partial charge in [-0.1, -0.05) is 6.92 Å². The zero-order valence-corrected chi connectivity index (χ0v) is 12.9. The first-order valence-corrected chi connectivity index (χ1v) is 8.06. The molecule has 1 aromatic heterocycles. The number of likely N-dealkylation sites (tertiary alicyclic amines) is 1. The van der Waals surface area contributed by atoms with Gasteiger partial charge in [0.25, 0.3) is 0 Å². The quantitative estimate of drug-likeness (QED) is 0.916. The van der Waals surface area contributed by atoms with E-state index in [0.29, 0.717) is 12.1 Å². The van der Waals surface area contributed by atoms with Crippen molar-refractivity contribution in [2.24, 2.45) is 5.73 Å². The highest BCUT2D eigenvalue weighted by atomic mass is 79.9. The third-order valence-electron chi connectivity index (χ3n) is 3.63. The van der Waals surface area contributed by atoms with E-state index in [1.54, 1.807) is 0 Å². The lowest BCUT2D eigenvalue weighted by Gasteiger charge is -2.34. The molecule has 2 nitrogen and oxygen atoms in total. The average molecular weight is 317 g/mol. The maximum atomic E-state index is 6.22. The first-order chi connectivity index (χ1) is 8.13. The van der Waals surface area contributed by atoms with Crippen LogP contribution in [0.15, 0.2) is 15.9 Å². The van der Waals surface area contributed by atoms with E-state index in [1.807, 2.05) is 11.3 Å². The van der Waals surface area contributed by atoms with Crippen LogP contribution in [0.4, 0.5) is 0 Å². The van der Waals surface area contributed by atoms with Gasteiger partial charge in [-0.3, -0.25) is 4.90 Å². The van der Waals surface area contributed by atoms with E-state index in [-0.39, 0.29) is 6.04 Å². The third-order valence-corrected chi connectivity index (χ3v) is 5.39. The second-order valence-corrected chi connectivity index (χ2v) is 6.77. The van der Waals surface area contributed by atoms with Crippen LogP contribution in [0.1, 0.15) is 44.0 Å². The van der Waals surface area contributed by atoms with Gasteiger partial charge in [-0.2, -0.15) is 0 Å². The standard InChI is InChI=1S/C13H21BrN2S/c1-3-11-5-4-6-16(11)13(9(2)15)12-7-10(14)8-17-12/h7-9,11,13H,3-6,15H2,1-2H3. The van der Waals surface area contributed by atoms with Crippen molar-refractivity contribution < 1.29 is 0 Å². The van der Waals surface area contributed by atoms with Crippen molar-refractivity contribution in [2.75, 3.05) is 6.54 Å². The van der Waals surface area contributed by atoms with Crippen molar-refractivity contribution in [3.63, 3.8) is 0 Å². The summed E-state index contributed by atoms with van der Waals surface area (Å²) in [6.45, 7) is 5.61. The molecule has 0 spiro atoms. The van der Waals surface area contributed by atoms with Crippen molar-refractivity contribution in [2.45, 2.75) is 51.2 Å². The molecule has 0 amide bonds. The van der Waals surface area contributed by atoms with Gasteiger partial charge in [-0.25, -0.2) is 0 Å². The first kappa shape index (κ1) is 13.5. The summed E-state index contributed by atoms with van der Waals surface area (Å²) in [6, 6.07) is 3.52. The molecule has 2 N–H and O–H groups in total. The maximum Gasteiger partial charge on any atom is 0.0593 e. The van der Waals surface area contributed by atoms with Gasteiger partial charge in [0, 0.05) is 26.8 Å². The molecule has 3 atom stereocenters. The Kier molecular flexibility index (Phi) is 4.64. The number of hydrogen-bond donors (Lipinski definition) is 1. The van der Waals surface area contributed by atoms with Crippen LogP contribution in [0.5, 0.6) is 0 Å². The number of nitrogens with two attached hydrogens (primary N) is 1. The molecule has 2 rings (SSSR count). The monoisotopic (exact) mass is 316 g/mol. The molecular weight excluding hydrogens is 296 g/mol. The highest BCUT2D eigenvalue weighted by Gasteiger charge is 2.33. The molecule has 4 heteroatoms. The first-order valence-electron chi connectivity index (χ1n) is 6.38. The van der Waals surface area contributed by atoms with Crippen molar-refractivity contribution in [3.8, 4) is 0 Å². The molecule has 0 radical (unpaired) electrons. The lowest BCUT2D eigenvalue weighted by molar-refractivity contribution is 0.160. The van der Waals surface area contributed by atoms with Crippen LogP contribution >= 0.6 is 27.3 Å². The van der Waals surface area contributed by atoms with Crippen LogP contribution in [-0.2, 0) is 0 Å². The number of nitrogens with zero attached hydrogens (tertiary/aromatic N) is 1. The molecule has 3 unspecified atom stereocenters. The molecule has 1 aromatic rings. The Hall–Kier alpha value is 0.1000. The van der Waals surface area contributed by atoms with Gasteiger partial charge in [0.1, 0.15) is 0 Å². The number of thiophene rings is 1. The highest BCUT2D eigenvalue weighted by molar-refractivity contribution is 9.10. The minimum absolute atomic E-state index is 0.188. The van der Waals surface area contributed by atoms with Gasteiger partial charge in [-0.05, 0) is 54.7 Å². The molecule has 96 valence electrons. The van der Waals surface area contributed by atoms with Crippen LogP contribution in [0, 0.1) is 0 Å². The molecule has 0 aliphatic carbocycles. The van der Waals surface area contributed by atoms with Crippen LogP contribution in [0.25, 0.3) is 0 Å². The van der Waals surface area contributed by atoms with Crippen molar-refractivity contribution in [3.05, 3.63) is 20.8 Å². The van der Waals surface area contributed by atoms with Crippen LogP contribution in [0.3, 0.4) is 0 Å². The molecule has 1 fully saturated rings. The van der Waals surface area contributed by atoms with Crippen LogP contribution in [0.2, 0.25) is 0 Å². The summed E-state index contributed by atoms with van der Waals surface area (Å²) in [7, 11) is 0. The molecule has 2 heterocycles. The second-order valence-electron chi connectivity index (χ2n) is 4.91. The Bertz CT molecular complexity index is 364. The van der Waals surface area contributed by atoms with Gasteiger partial charge in [0.2, 0.25) is 0 Å². The van der Waals surface area contributed by atoms with Crippen molar-refractivity contribution in [1.82, 2.24) is 4.90 Å². The van der Waals surface area contributed by atoms with E-state index >= 15 is 0 Å². The molecule has 1 aliphatic rings. The summed E-state index contributed by atoms with van der Waals surface area (Å²) in [5, 5.41) is 2.15. The molecule has 1 aliphatic heterocycles. The van der Waals surface area contributed by atoms with Crippen LogP contribution < -0.4 is 5.73 Å². The van der Waals surface area contributed by atoms with Gasteiger partial charge in [0.05, 0.1) is 6.04 Å². The SMILES string of the molecule is CCC1CCCN1C(c1cc(Br)cs1)C(C)N. The van der Waals surface area contributed by atoms with E-state index in [1.165, 1.54) is 35.2 Å². The largest absolute Gasteiger partial charge is 0.326 e. The predicted octanol–water partition coefficient (Wildman–Crippen LogP) is 3.77. The van der Waals surface area contributed by atoms with E-state index in [4.69, 9.17) is 5.73 Å². The van der Waals surface area contributed by atoms with Gasteiger partial charge in [-0.15, -0.1) is 11.3 Å². The molecular formula is C13H21BrN2S. The van der Waals surface area contributed by atoms with E-state index in [0.717, 1.165) is 0 Å². The predicted molar refractivity (Wildman–Crippen MR) is 78.4 cm³/mol. The highest BCUT2D eigenvalue weighted by Crippen LogP contribution is 2.36. The molecule has 0 bridgehead atoms. The van der Waals surface area contributed by atoms with Crippen LogP contribution in [-0.4, -0.2) is 23.5 Å². The Labute approximate surface area is 116 Å². The molecule has 0 saturated carbocycles. The second kappa shape index (κ2) is 5.83. The van der Waals surface area contributed by atoms with Gasteiger partial charge < -0.3 is 5.73 Å². The maximum absolute atomic E-state index is 6.22. The van der Waals surface area contributed by atoms with Crippen molar-refractivity contribution in [1.29, 1.82) is 0 Å². The average Bonchev–Trinajstić information content (AvgIpc) is 2.88.